The Morgan fingerprint density at radius 1 is 1.48 bits per heavy atom. The first-order valence-corrected chi connectivity index (χ1v) is 7.86. The van der Waals surface area contributed by atoms with Crippen molar-refractivity contribution in [1.29, 1.82) is 0 Å². The summed E-state index contributed by atoms with van der Waals surface area (Å²) in [4.78, 5) is 12.5. The van der Waals surface area contributed by atoms with E-state index < -0.39 is 6.10 Å². The van der Waals surface area contributed by atoms with E-state index in [0.717, 1.165) is 19.4 Å². The maximum absolute atomic E-state index is 12.5. The third-order valence-corrected chi connectivity index (χ3v) is 5.39. The van der Waals surface area contributed by atoms with E-state index in [4.69, 9.17) is 14.2 Å². The quantitative estimate of drug-likeness (QED) is 0.590. The normalized spacial score (nSPS) is 48.3. The van der Waals surface area contributed by atoms with Gasteiger partial charge in [0.15, 0.2) is 5.78 Å². The van der Waals surface area contributed by atoms with Crippen molar-refractivity contribution in [3.63, 3.8) is 0 Å². The maximum Gasteiger partial charge on any atom is 0.164 e. The van der Waals surface area contributed by atoms with Crippen molar-refractivity contribution in [3.8, 4) is 0 Å². The lowest BCUT2D eigenvalue weighted by molar-refractivity contribution is -0.148. The predicted octanol–water partition coefficient (Wildman–Crippen LogP) is 2.51. The van der Waals surface area contributed by atoms with E-state index >= 15 is 0 Å². The minimum atomic E-state index is -0.405. The largest absolute Gasteiger partial charge is 0.373 e. The van der Waals surface area contributed by atoms with Gasteiger partial charge in [-0.05, 0) is 33.6 Å². The second-order valence-electron chi connectivity index (χ2n) is 7.30. The summed E-state index contributed by atoms with van der Waals surface area (Å²) in [5, 5.41) is 0. The fourth-order valence-corrected chi connectivity index (χ4v) is 4.10. The average molecular weight is 294 g/mol. The zero-order chi connectivity index (χ0) is 15.4. The van der Waals surface area contributed by atoms with Crippen LogP contribution in [0.3, 0.4) is 0 Å². The molecule has 2 heterocycles. The summed E-state index contributed by atoms with van der Waals surface area (Å²) < 4.78 is 17.4. The number of epoxide rings is 2. The molecule has 0 aromatic rings. The minimum Gasteiger partial charge on any atom is -0.373 e. The molecule has 118 valence electrons. The van der Waals surface area contributed by atoms with Gasteiger partial charge < -0.3 is 14.2 Å². The maximum atomic E-state index is 12.5. The Morgan fingerprint density at radius 2 is 2.14 bits per heavy atom. The molecule has 2 saturated heterocycles. The molecule has 0 aromatic heterocycles. The summed E-state index contributed by atoms with van der Waals surface area (Å²) in [6.07, 6.45) is 3.65. The molecular weight excluding hydrogens is 268 g/mol. The van der Waals surface area contributed by atoms with E-state index in [1.807, 2.05) is 6.92 Å². The van der Waals surface area contributed by atoms with Gasteiger partial charge >= 0.3 is 0 Å². The number of hydrogen-bond donors (Lipinski definition) is 0. The summed E-state index contributed by atoms with van der Waals surface area (Å²) in [5.74, 6) is 0.211. The molecule has 2 aliphatic heterocycles. The molecule has 4 nitrogen and oxygen atoms in total. The van der Waals surface area contributed by atoms with E-state index in [1.165, 1.54) is 5.57 Å². The van der Waals surface area contributed by atoms with Crippen LogP contribution in [0.2, 0.25) is 0 Å². The lowest BCUT2D eigenvalue weighted by Crippen LogP contribution is -2.55. The van der Waals surface area contributed by atoms with Crippen LogP contribution in [0, 0.1) is 11.8 Å². The molecule has 3 aliphatic rings. The van der Waals surface area contributed by atoms with Gasteiger partial charge in [-0.15, -0.1) is 0 Å². The Hall–Kier alpha value is -0.710. The zero-order valence-electron chi connectivity index (χ0n) is 13.6. The van der Waals surface area contributed by atoms with Crippen LogP contribution < -0.4 is 0 Å². The van der Waals surface area contributed by atoms with Crippen LogP contribution in [0.4, 0.5) is 0 Å². The Kier molecular flexibility index (Phi) is 3.55. The number of carbonyl (C=O) groups is 1. The summed E-state index contributed by atoms with van der Waals surface area (Å²) in [5.41, 5.74) is 0.781. The molecular formula is C17H26O4. The van der Waals surface area contributed by atoms with Gasteiger partial charge in [0, 0.05) is 13.0 Å². The molecule has 0 radical (unpaired) electrons. The van der Waals surface area contributed by atoms with Crippen LogP contribution in [-0.4, -0.2) is 42.9 Å². The fraction of sp³-hybridized carbons (Fsp3) is 0.824. The standard InChI is InChI=1S/C17H26O4/c1-10(2)6-7-12-16(4,21-12)15-14(19-5)13(18)11(3)8-17(15)9-20-17/h6,11-12,14-15H,7-9H2,1-5H3/t11-,12+,14+,15+,16?,17-/m0/s1. The van der Waals surface area contributed by atoms with Gasteiger partial charge in [0.25, 0.3) is 0 Å². The van der Waals surface area contributed by atoms with Crippen molar-refractivity contribution in [2.45, 2.75) is 63.9 Å². The van der Waals surface area contributed by atoms with E-state index in [-0.39, 0.29) is 34.9 Å². The summed E-state index contributed by atoms with van der Waals surface area (Å²) in [6.45, 7) is 9.00. The number of carbonyl (C=O) groups excluding carboxylic acids is 1. The monoisotopic (exact) mass is 294 g/mol. The summed E-state index contributed by atoms with van der Waals surface area (Å²) in [7, 11) is 1.63. The molecule has 1 saturated carbocycles. The van der Waals surface area contributed by atoms with E-state index in [9.17, 15) is 4.79 Å². The molecule has 1 aliphatic carbocycles. The molecule has 3 rings (SSSR count). The zero-order valence-corrected chi connectivity index (χ0v) is 13.6. The van der Waals surface area contributed by atoms with Gasteiger partial charge in [-0.1, -0.05) is 18.6 Å². The third kappa shape index (κ3) is 2.37. The van der Waals surface area contributed by atoms with Crippen LogP contribution in [0.1, 0.15) is 40.5 Å². The van der Waals surface area contributed by atoms with Gasteiger partial charge in [0.2, 0.25) is 0 Å². The Labute approximate surface area is 126 Å². The lowest BCUT2D eigenvalue weighted by atomic mass is 9.66. The number of allylic oxidation sites excluding steroid dienone is 1. The van der Waals surface area contributed by atoms with Crippen LogP contribution >= 0.6 is 0 Å². The van der Waals surface area contributed by atoms with Crippen LogP contribution in [0.15, 0.2) is 11.6 Å². The second-order valence-corrected chi connectivity index (χ2v) is 7.30. The predicted molar refractivity (Wildman–Crippen MR) is 79.1 cm³/mol. The van der Waals surface area contributed by atoms with Crippen LogP contribution in [0.25, 0.3) is 0 Å². The minimum absolute atomic E-state index is 0.00674. The van der Waals surface area contributed by atoms with Crippen molar-refractivity contribution < 1.29 is 19.0 Å². The summed E-state index contributed by atoms with van der Waals surface area (Å²) >= 11 is 0. The highest BCUT2D eigenvalue weighted by molar-refractivity contribution is 5.87. The lowest BCUT2D eigenvalue weighted by Gasteiger charge is -2.40. The molecule has 0 aromatic carbocycles. The molecule has 0 amide bonds. The summed E-state index contributed by atoms with van der Waals surface area (Å²) in [6, 6.07) is 0. The molecule has 21 heavy (non-hydrogen) atoms. The number of hydrogen-bond acceptors (Lipinski definition) is 4. The Bertz CT molecular complexity index is 475. The van der Waals surface area contributed by atoms with Crippen molar-refractivity contribution in [1.82, 2.24) is 0 Å². The van der Waals surface area contributed by atoms with Crippen molar-refractivity contribution in [3.05, 3.63) is 11.6 Å². The highest BCUT2D eigenvalue weighted by Crippen LogP contribution is 2.59. The van der Waals surface area contributed by atoms with Crippen molar-refractivity contribution in [2.24, 2.45) is 11.8 Å². The van der Waals surface area contributed by atoms with Crippen LogP contribution in [-0.2, 0) is 19.0 Å². The molecule has 6 atom stereocenters. The number of ketones is 1. The highest BCUT2D eigenvalue weighted by Gasteiger charge is 2.72. The number of methoxy groups -OCH3 is 1. The topological polar surface area (TPSA) is 51.4 Å². The van der Waals surface area contributed by atoms with Crippen molar-refractivity contribution in [2.75, 3.05) is 13.7 Å². The van der Waals surface area contributed by atoms with E-state index in [1.54, 1.807) is 7.11 Å². The molecule has 0 N–H and O–H groups in total. The number of rotatable bonds is 4. The van der Waals surface area contributed by atoms with Gasteiger partial charge in [-0.25, -0.2) is 0 Å². The molecule has 0 bridgehead atoms. The fourth-order valence-electron chi connectivity index (χ4n) is 4.10. The van der Waals surface area contributed by atoms with Crippen molar-refractivity contribution >= 4 is 5.78 Å². The first kappa shape index (κ1) is 15.2. The van der Waals surface area contributed by atoms with Gasteiger partial charge in [0.1, 0.15) is 17.3 Å². The third-order valence-electron chi connectivity index (χ3n) is 5.39. The molecule has 1 spiro atoms. The van der Waals surface area contributed by atoms with E-state index in [2.05, 4.69) is 26.8 Å². The number of Topliss-reactive ketones (excluding diaryl/α,β-unsaturated/α-hetero) is 1. The SMILES string of the molecule is CO[C@@H]1C(=O)[C@@H](C)C[C@]2(CO2)[C@H]1C1(C)O[C@@H]1CC=C(C)C. The molecule has 1 unspecified atom stereocenters. The Morgan fingerprint density at radius 3 is 2.67 bits per heavy atom. The first-order chi connectivity index (χ1) is 9.84. The van der Waals surface area contributed by atoms with Crippen LogP contribution in [0.5, 0.6) is 0 Å². The van der Waals surface area contributed by atoms with E-state index in [0.29, 0.717) is 0 Å². The first-order valence-electron chi connectivity index (χ1n) is 7.86. The van der Waals surface area contributed by atoms with Gasteiger partial charge in [-0.3, -0.25) is 4.79 Å². The average Bonchev–Trinajstić information content (AvgIpc) is 3.31. The smallest absolute Gasteiger partial charge is 0.164 e. The molecule has 3 fully saturated rings. The van der Waals surface area contributed by atoms with Gasteiger partial charge in [0.05, 0.1) is 18.6 Å². The molecule has 4 heteroatoms. The Balaban J connectivity index is 1.82. The highest BCUT2D eigenvalue weighted by atomic mass is 16.6. The second kappa shape index (κ2) is 4.90. The number of ether oxygens (including phenoxy) is 3. The van der Waals surface area contributed by atoms with Gasteiger partial charge in [-0.2, -0.15) is 0 Å².